The number of aliphatic hydroxyl groups excluding tert-OH is 1. The molecule has 0 spiro atoms. The highest BCUT2D eigenvalue weighted by molar-refractivity contribution is 5.94. The van der Waals surface area contributed by atoms with Crippen LogP contribution in [-0.2, 0) is 13.0 Å². The zero-order valence-electron chi connectivity index (χ0n) is 16.8. The number of pyridine rings is 1. The predicted octanol–water partition coefficient (Wildman–Crippen LogP) is 3.54. The fourth-order valence-electron chi connectivity index (χ4n) is 3.92. The molecule has 1 aliphatic heterocycles. The number of fused-ring (bicyclic) bond motifs is 2. The number of ether oxygens (including phenoxy) is 1. The van der Waals surface area contributed by atoms with Crippen LogP contribution in [0.15, 0.2) is 48.7 Å². The lowest BCUT2D eigenvalue weighted by atomic mass is 10.00. The first-order valence-electron chi connectivity index (χ1n) is 10.0. The summed E-state index contributed by atoms with van der Waals surface area (Å²) >= 11 is 0. The average molecular weight is 424 g/mol. The van der Waals surface area contributed by atoms with Crippen LogP contribution in [0.4, 0.5) is 14.5 Å². The minimum absolute atomic E-state index is 0.0185. The lowest BCUT2D eigenvalue weighted by Crippen LogP contribution is -2.39. The average Bonchev–Trinajstić information content (AvgIpc) is 2.76. The molecule has 1 aromatic heterocycles. The number of aliphatic hydroxyl groups is 1. The highest BCUT2D eigenvalue weighted by atomic mass is 19.3. The van der Waals surface area contributed by atoms with Crippen LogP contribution in [0.25, 0.3) is 10.9 Å². The molecule has 6 nitrogen and oxygen atoms in total. The molecule has 3 aromatic rings. The van der Waals surface area contributed by atoms with Crippen LogP contribution in [0, 0.1) is 11.3 Å². The molecule has 2 N–H and O–H groups in total. The standard InChI is InChI=1S/C23H22F2N4O2/c24-23(25)31-19-5-6-21-20(9-19)22(17(10-26)11-27-21)28-12-18(30)14-29-8-7-15-3-1-2-4-16(15)13-29/h1-6,9,11,18,23,30H,7-8,12-14H2,(H,27,28). The number of anilines is 1. The van der Waals surface area contributed by atoms with Gasteiger partial charge in [-0.1, -0.05) is 24.3 Å². The molecular formula is C23H22F2N4O2. The summed E-state index contributed by atoms with van der Waals surface area (Å²) in [6.07, 6.45) is 1.68. The molecule has 0 saturated heterocycles. The van der Waals surface area contributed by atoms with Crippen molar-refractivity contribution in [2.24, 2.45) is 0 Å². The maximum atomic E-state index is 12.6. The topological polar surface area (TPSA) is 81.4 Å². The Morgan fingerprint density at radius 1 is 1.23 bits per heavy atom. The lowest BCUT2D eigenvalue weighted by molar-refractivity contribution is -0.0497. The minimum Gasteiger partial charge on any atom is -0.435 e. The molecule has 2 aromatic carbocycles. The number of nitriles is 1. The molecule has 8 heteroatoms. The summed E-state index contributed by atoms with van der Waals surface area (Å²) in [6, 6.07) is 14.7. The first-order valence-corrected chi connectivity index (χ1v) is 10.0. The molecule has 1 aliphatic rings. The molecule has 0 fully saturated rings. The largest absolute Gasteiger partial charge is 0.435 e. The summed E-state index contributed by atoms with van der Waals surface area (Å²) in [5.74, 6) is -0.0185. The predicted molar refractivity (Wildman–Crippen MR) is 113 cm³/mol. The van der Waals surface area contributed by atoms with Crippen molar-refractivity contribution in [3.05, 3.63) is 65.4 Å². The van der Waals surface area contributed by atoms with E-state index < -0.39 is 12.7 Å². The highest BCUT2D eigenvalue weighted by Crippen LogP contribution is 2.30. The third-order valence-electron chi connectivity index (χ3n) is 5.38. The van der Waals surface area contributed by atoms with Crippen LogP contribution >= 0.6 is 0 Å². The molecule has 1 unspecified atom stereocenters. The fraction of sp³-hybridized carbons (Fsp3) is 0.304. The van der Waals surface area contributed by atoms with Gasteiger partial charge in [0.1, 0.15) is 11.8 Å². The highest BCUT2D eigenvalue weighted by Gasteiger charge is 2.19. The Hall–Kier alpha value is -3.28. The van der Waals surface area contributed by atoms with E-state index in [9.17, 15) is 19.1 Å². The van der Waals surface area contributed by atoms with E-state index in [0.29, 0.717) is 23.1 Å². The summed E-state index contributed by atoms with van der Waals surface area (Å²) in [7, 11) is 0. The van der Waals surface area contributed by atoms with Gasteiger partial charge in [-0.05, 0) is 35.7 Å². The van der Waals surface area contributed by atoms with Crippen LogP contribution in [0.3, 0.4) is 0 Å². The normalized spacial score (nSPS) is 14.8. The SMILES string of the molecule is N#Cc1cnc2ccc(OC(F)F)cc2c1NCC(O)CN1CCc2ccccc2C1. The number of alkyl halides is 2. The molecule has 0 radical (unpaired) electrons. The Morgan fingerprint density at radius 2 is 2.03 bits per heavy atom. The molecule has 31 heavy (non-hydrogen) atoms. The third kappa shape index (κ3) is 4.90. The van der Waals surface area contributed by atoms with Crippen molar-refractivity contribution >= 4 is 16.6 Å². The summed E-state index contributed by atoms with van der Waals surface area (Å²) in [4.78, 5) is 6.39. The number of nitrogens with zero attached hydrogens (tertiary/aromatic N) is 3. The van der Waals surface area contributed by atoms with E-state index in [0.717, 1.165) is 19.5 Å². The Labute approximate surface area is 178 Å². The van der Waals surface area contributed by atoms with Crippen LogP contribution in [-0.4, -0.2) is 47.3 Å². The molecule has 2 heterocycles. The third-order valence-corrected chi connectivity index (χ3v) is 5.38. The van der Waals surface area contributed by atoms with Crippen molar-refractivity contribution in [2.45, 2.75) is 25.7 Å². The lowest BCUT2D eigenvalue weighted by Gasteiger charge is -2.30. The number of rotatable bonds is 7. The van der Waals surface area contributed by atoms with E-state index in [1.807, 2.05) is 12.1 Å². The summed E-state index contributed by atoms with van der Waals surface area (Å²) in [5.41, 5.74) is 3.85. The van der Waals surface area contributed by atoms with Gasteiger partial charge in [-0.3, -0.25) is 9.88 Å². The Kier molecular flexibility index (Phi) is 6.26. The van der Waals surface area contributed by atoms with Crippen molar-refractivity contribution in [1.82, 2.24) is 9.88 Å². The van der Waals surface area contributed by atoms with Crippen molar-refractivity contribution in [1.29, 1.82) is 5.26 Å². The van der Waals surface area contributed by atoms with Crippen LogP contribution in [0.2, 0.25) is 0 Å². The van der Waals surface area contributed by atoms with Gasteiger partial charge in [-0.25, -0.2) is 0 Å². The van der Waals surface area contributed by atoms with Gasteiger partial charge in [0.15, 0.2) is 0 Å². The molecule has 0 bridgehead atoms. The first-order chi connectivity index (χ1) is 15.0. The second-order valence-corrected chi connectivity index (χ2v) is 7.50. The monoisotopic (exact) mass is 424 g/mol. The van der Waals surface area contributed by atoms with E-state index in [-0.39, 0.29) is 17.9 Å². The van der Waals surface area contributed by atoms with Gasteiger partial charge in [-0.2, -0.15) is 14.0 Å². The number of β-amino-alcohol motifs (C(OH)–C–C–N with tert-alkyl or cyclic N) is 1. The van der Waals surface area contributed by atoms with Crippen LogP contribution < -0.4 is 10.1 Å². The van der Waals surface area contributed by atoms with E-state index in [1.54, 1.807) is 6.07 Å². The molecule has 0 amide bonds. The summed E-state index contributed by atoms with van der Waals surface area (Å²) in [6.45, 7) is -0.622. The van der Waals surface area contributed by atoms with Gasteiger partial charge < -0.3 is 15.2 Å². The van der Waals surface area contributed by atoms with Crippen molar-refractivity contribution in [3.63, 3.8) is 0 Å². The maximum absolute atomic E-state index is 12.6. The van der Waals surface area contributed by atoms with Gasteiger partial charge in [0.2, 0.25) is 0 Å². The maximum Gasteiger partial charge on any atom is 0.387 e. The minimum atomic E-state index is -2.95. The summed E-state index contributed by atoms with van der Waals surface area (Å²) in [5, 5.41) is 23.7. The number of hydrogen-bond donors (Lipinski definition) is 2. The molecule has 1 atom stereocenters. The van der Waals surface area contributed by atoms with Crippen molar-refractivity contribution < 1.29 is 18.6 Å². The number of halogens is 2. The zero-order chi connectivity index (χ0) is 21.8. The summed E-state index contributed by atoms with van der Waals surface area (Å²) < 4.78 is 29.7. The Morgan fingerprint density at radius 3 is 2.81 bits per heavy atom. The Bertz CT molecular complexity index is 1120. The number of hydrogen-bond acceptors (Lipinski definition) is 6. The van der Waals surface area contributed by atoms with E-state index >= 15 is 0 Å². The molecule has 160 valence electrons. The first kappa shape index (κ1) is 21.0. The Balaban J connectivity index is 1.47. The second kappa shape index (κ2) is 9.25. The van der Waals surface area contributed by atoms with E-state index in [1.165, 1.54) is 29.5 Å². The molecule has 0 saturated carbocycles. The van der Waals surface area contributed by atoms with E-state index in [4.69, 9.17) is 0 Å². The fourth-order valence-corrected chi connectivity index (χ4v) is 3.92. The number of nitrogens with one attached hydrogen (secondary N) is 1. The zero-order valence-corrected chi connectivity index (χ0v) is 16.8. The van der Waals surface area contributed by atoms with Crippen molar-refractivity contribution in [2.75, 3.05) is 25.0 Å². The van der Waals surface area contributed by atoms with Crippen LogP contribution in [0.5, 0.6) is 5.75 Å². The molecule has 0 aliphatic carbocycles. The number of aromatic nitrogens is 1. The van der Waals surface area contributed by atoms with Gasteiger partial charge in [0.05, 0.1) is 22.9 Å². The second-order valence-electron chi connectivity index (χ2n) is 7.50. The molecular weight excluding hydrogens is 402 g/mol. The number of benzene rings is 2. The molecule has 4 rings (SSSR count). The van der Waals surface area contributed by atoms with Gasteiger partial charge in [0, 0.05) is 37.8 Å². The van der Waals surface area contributed by atoms with Gasteiger partial charge in [-0.15, -0.1) is 0 Å². The van der Waals surface area contributed by atoms with Gasteiger partial charge >= 0.3 is 6.61 Å². The smallest absolute Gasteiger partial charge is 0.387 e. The quantitative estimate of drug-likeness (QED) is 0.604. The van der Waals surface area contributed by atoms with E-state index in [2.05, 4.69) is 38.1 Å². The van der Waals surface area contributed by atoms with Crippen LogP contribution in [0.1, 0.15) is 16.7 Å². The van der Waals surface area contributed by atoms with Crippen molar-refractivity contribution in [3.8, 4) is 11.8 Å². The van der Waals surface area contributed by atoms with Gasteiger partial charge in [0.25, 0.3) is 0 Å².